The van der Waals surface area contributed by atoms with Gasteiger partial charge >= 0.3 is 0 Å². The predicted molar refractivity (Wildman–Crippen MR) is 126 cm³/mol. The molecule has 0 bridgehead atoms. The lowest BCUT2D eigenvalue weighted by Crippen LogP contribution is -2.03. The molecule has 0 heterocycles. The molecule has 29 heavy (non-hydrogen) atoms. The Morgan fingerprint density at radius 3 is 1.79 bits per heavy atom. The van der Waals surface area contributed by atoms with Gasteiger partial charge in [-0.15, -0.1) is 0 Å². The second kappa shape index (κ2) is 19.0. The van der Waals surface area contributed by atoms with Crippen LogP contribution in [-0.2, 0) is 4.79 Å². The molecular weight excluding hydrogens is 360 g/mol. The quantitative estimate of drug-likeness (QED) is 0.537. The highest BCUT2D eigenvalue weighted by Crippen LogP contribution is 2.19. The molecule has 2 rings (SSSR count). The van der Waals surface area contributed by atoms with Crippen molar-refractivity contribution in [3.05, 3.63) is 65.7 Å². The summed E-state index contributed by atoms with van der Waals surface area (Å²) in [6.07, 6.45) is 2.37. The number of carboxylic acids is 1. The third-order valence-electron chi connectivity index (χ3n) is 4.06. The first-order chi connectivity index (χ1) is 13.8. The molecule has 0 radical (unpaired) electrons. The molecule has 0 fully saturated rings. The van der Waals surface area contributed by atoms with Gasteiger partial charge in [-0.05, 0) is 42.9 Å². The fraction of sp³-hybridized carbons (Fsp3) is 0.500. The third kappa shape index (κ3) is 18.8. The molecule has 1 N–H and O–H groups in total. The van der Waals surface area contributed by atoms with Crippen molar-refractivity contribution in [2.45, 2.75) is 74.1 Å². The summed E-state index contributed by atoms with van der Waals surface area (Å²) >= 11 is 0. The lowest BCUT2D eigenvalue weighted by molar-refractivity contribution is -0.134. The average Bonchev–Trinajstić information content (AvgIpc) is 2.70. The number of aryl methyl sites for hydroxylation is 1. The summed E-state index contributed by atoms with van der Waals surface area (Å²) in [6.45, 7) is 16.9. The summed E-state index contributed by atoms with van der Waals surface area (Å²) in [6, 6.07) is 18.7. The van der Waals surface area contributed by atoms with Gasteiger partial charge in [-0.3, -0.25) is 4.79 Å². The van der Waals surface area contributed by atoms with E-state index in [0.717, 1.165) is 31.6 Å². The van der Waals surface area contributed by atoms with Crippen LogP contribution in [0.5, 0.6) is 5.75 Å². The first kappa shape index (κ1) is 28.9. The average molecular weight is 403 g/mol. The van der Waals surface area contributed by atoms with Crippen molar-refractivity contribution in [3.8, 4) is 5.75 Å². The van der Waals surface area contributed by atoms with E-state index < -0.39 is 5.97 Å². The van der Waals surface area contributed by atoms with Crippen molar-refractivity contribution >= 4 is 5.97 Å². The smallest absolute Gasteiger partial charge is 0.300 e. The fourth-order valence-electron chi connectivity index (χ4n) is 2.07. The molecule has 0 unspecified atom stereocenters. The number of rotatable bonds is 6. The Balaban J connectivity index is 0. The topological polar surface area (TPSA) is 46.5 Å². The normalized spacial score (nSPS) is 10.2. The van der Waals surface area contributed by atoms with Gasteiger partial charge in [-0.2, -0.15) is 0 Å². The second-order valence-corrected chi connectivity index (χ2v) is 7.05. The van der Waals surface area contributed by atoms with Crippen LogP contribution in [0.1, 0.15) is 78.4 Å². The Bertz CT molecular complexity index is 600. The van der Waals surface area contributed by atoms with Crippen LogP contribution in [0, 0.1) is 12.8 Å². The summed E-state index contributed by atoms with van der Waals surface area (Å²) in [7, 11) is 0. The van der Waals surface area contributed by atoms with Gasteiger partial charge in [0, 0.05) is 6.92 Å². The number of hydrogen-bond donors (Lipinski definition) is 1. The van der Waals surface area contributed by atoms with Crippen LogP contribution in [0.4, 0.5) is 0 Å². The van der Waals surface area contributed by atoms with Gasteiger partial charge in [0.2, 0.25) is 0 Å². The molecule has 0 aromatic heterocycles. The lowest BCUT2D eigenvalue weighted by Gasteiger charge is -2.11. The van der Waals surface area contributed by atoms with E-state index in [9.17, 15) is 0 Å². The largest absolute Gasteiger partial charge is 0.494 e. The first-order valence-corrected chi connectivity index (χ1v) is 10.7. The molecule has 0 saturated heterocycles. The molecule has 164 valence electrons. The van der Waals surface area contributed by atoms with Crippen LogP contribution in [-0.4, -0.2) is 17.7 Å². The van der Waals surface area contributed by atoms with Crippen molar-refractivity contribution < 1.29 is 14.6 Å². The summed E-state index contributed by atoms with van der Waals surface area (Å²) < 4.78 is 5.71. The highest BCUT2D eigenvalue weighted by Gasteiger charge is 2.01. The molecular formula is C26H42O3. The van der Waals surface area contributed by atoms with Crippen LogP contribution in [0.3, 0.4) is 0 Å². The van der Waals surface area contributed by atoms with Crippen LogP contribution >= 0.6 is 0 Å². The Morgan fingerprint density at radius 2 is 1.45 bits per heavy atom. The number of hydrogen-bond acceptors (Lipinski definition) is 2. The number of benzene rings is 2. The van der Waals surface area contributed by atoms with E-state index in [4.69, 9.17) is 14.6 Å². The minimum Gasteiger partial charge on any atom is -0.494 e. The minimum absolute atomic E-state index is 0.592. The summed E-state index contributed by atoms with van der Waals surface area (Å²) in [5.41, 5.74) is 2.69. The standard InChI is InChI=1S/C15H24O.C7H8.C2H4O2.C2H6/c1-5-13(4)10-11-16-15-8-6-14(7-9-15)12(2)3;1-7-5-3-2-4-6-7;1-2(3)4;1-2/h6-9,12-13H,5,10-11H2,1-4H3;2-6H,1H3;1H3,(H,3,4);1-2H3/t13-;;;/m0.../s1. The Kier molecular flexibility index (Phi) is 19.0. The predicted octanol–water partition coefficient (Wildman–Crippen LogP) is 7.74. The Hall–Kier alpha value is -2.29. The van der Waals surface area contributed by atoms with Crippen molar-refractivity contribution in [2.75, 3.05) is 6.61 Å². The highest BCUT2D eigenvalue weighted by molar-refractivity contribution is 5.62. The monoisotopic (exact) mass is 402 g/mol. The van der Waals surface area contributed by atoms with Crippen LogP contribution < -0.4 is 4.74 Å². The van der Waals surface area contributed by atoms with E-state index >= 15 is 0 Å². The molecule has 0 saturated carbocycles. The van der Waals surface area contributed by atoms with Gasteiger partial charge in [0.25, 0.3) is 5.97 Å². The molecule has 1 atom stereocenters. The van der Waals surface area contributed by atoms with E-state index in [1.165, 1.54) is 17.5 Å². The molecule has 2 aromatic rings. The van der Waals surface area contributed by atoms with Crippen molar-refractivity contribution in [1.82, 2.24) is 0 Å². The molecule has 0 aliphatic rings. The van der Waals surface area contributed by atoms with Gasteiger partial charge in [-0.25, -0.2) is 0 Å². The highest BCUT2D eigenvalue weighted by atomic mass is 16.5. The molecule has 0 amide bonds. The maximum atomic E-state index is 9.00. The van der Waals surface area contributed by atoms with E-state index in [0.29, 0.717) is 5.92 Å². The number of carboxylic acid groups (broad SMARTS) is 1. The zero-order valence-corrected chi connectivity index (χ0v) is 19.7. The summed E-state index contributed by atoms with van der Waals surface area (Å²) in [4.78, 5) is 9.00. The minimum atomic E-state index is -0.833. The number of ether oxygens (including phenoxy) is 1. The molecule has 0 spiro atoms. The van der Waals surface area contributed by atoms with Gasteiger partial charge in [-0.1, -0.05) is 96.0 Å². The molecule has 0 aliphatic heterocycles. The maximum Gasteiger partial charge on any atom is 0.300 e. The third-order valence-corrected chi connectivity index (χ3v) is 4.06. The van der Waals surface area contributed by atoms with Gasteiger partial charge in [0.1, 0.15) is 5.75 Å². The van der Waals surface area contributed by atoms with Crippen LogP contribution in [0.25, 0.3) is 0 Å². The zero-order valence-electron chi connectivity index (χ0n) is 19.7. The Morgan fingerprint density at radius 1 is 0.966 bits per heavy atom. The molecule has 2 aromatic carbocycles. The number of carbonyl (C=O) groups is 1. The SMILES string of the molecule is CC.CC(=O)O.CC[C@H](C)CCOc1ccc(C(C)C)cc1.Cc1ccccc1. The first-order valence-electron chi connectivity index (χ1n) is 10.7. The van der Waals surface area contributed by atoms with Crippen molar-refractivity contribution in [2.24, 2.45) is 5.92 Å². The van der Waals surface area contributed by atoms with E-state index in [1.807, 2.05) is 32.0 Å². The van der Waals surface area contributed by atoms with Gasteiger partial charge in [0.05, 0.1) is 6.61 Å². The van der Waals surface area contributed by atoms with Crippen LogP contribution in [0.2, 0.25) is 0 Å². The maximum absolute atomic E-state index is 9.00. The lowest BCUT2D eigenvalue weighted by atomic mass is 10.0. The van der Waals surface area contributed by atoms with E-state index in [2.05, 4.69) is 71.0 Å². The Labute approximate surface area is 179 Å². The summed E-state index contributed by atoms with van der Waals surface area (Å²) in [5, 5.41) is 7.42. The van der Waals surface area contributed by atoms with E-state index in [1.54, 1.807) is 0 Å². The zero-order chi connectivity index (χ0) is 22.7. The van der Waals surface area contributed by atoms with E-state index in [-0.39, 0.29) is 0 Å². The summed E-state index contributed by atoms with van der Waals surface area (Å²) in [5.74, 6) is 1.51. The van der Waals surface area contributed by atoms with Gasteiger partial charge in [0.15, 0.2) is 0 Å². The fourth-order valence-corrected chi connectivity index (χ4v) is 2.07. The van der Waals surface area contributed by atoms with Gasteiger partial charge < -0.3 is 9.84 Å². The molecule has 3 heteroatoms. The molecule has 3 nitrogen and oxygen atoms in total. The van der Waals surface area contributed by atoms with Crippen molar-refractivity contribution in [3.63, 3.8) is 0 Å². The van der Waals surface area contributed by atoms with Crippen molar-refractivity contribution in [1.29, 1.82) is 0 Å². The molecule has 0 aliphatic carbocycles. The number of aliphatic carboxylic acids is 1. The van der Waals surface area contributed by atoms with Crippen LogP contribution in [0.15, 0.2) is 54.6 Å². The second-order valence-electron chi connectivity index (χ2n) is 7.05.